The Balaban J connectivity index is 2.18. The molecule has 0 unspecified atom stereocenters. The number of aryl methyl sites for hydroxylation is 2. The van der Waals surface area contributed by atoms with Crippen molar-refractivity contribution in [2.45, 2.75) is 17.7 Å². The third-order valence-corrected chi connectivity index (χ3v) is 5.67. The summed E-state index contributed by atoms with van der Waals surface area (Å²) in [5, 5.41) is 0. The van der Waals surface area contributed by atoms with Crippen LogP contribution in [-0.2, 0) is 43.0 Å². The van der Waals surface area contributed by atoms with Crippen LogP contribution >= 0.6 is 0 Å². The van der Waals surface area contributed by atoms with Gasteiger partial charge in [0.05, 0.1) is 18.2 Å². The molecule has 0 fully saturated rings. The zero-order valence-electron chi connectivity index (χ0n) is 15.1. The molecule has 28 heavy (non-hydrogen) atoms. The number of nitrogens with one attached hydrogen (secondary N) is 2. The van der Waals surface area contributed by atoms with Crippen molar-refractivity contribution in [3.8, 4) is 0 Å². The van der Waals surface area contributed by atoms with Gasteiger partial charge in [0.1, 0.15) is 4.90 Å². The van der Waals surface area contributed by atoms with Crippen molar-refractivity contribution < 1.29 is 29.8 Å². The zero-order chi connectivity index (χ0) is 21.2. The largest absolute Gasteiger partial charge is 0.296 e. The van der Waals surface area contributed by atoms with Crippen LogP contribution in [-0.4, -0.2) is 42.3 Å². The van der Waals surface area contributed by atoms with E-state index >= 15 is 0 Å². The van der Waals surface area contributed by atoms with Crippen molar-refractivity contribution in [3.05, 3.63) is 53.6 Å². The third kappa shape index (κ3) is 7.11. The Bertz CT molecular complexity index is 1170. The van der Waals surface area contributed by atoms with Gasteiger partial charge in [-0.3, -0.25) is 14.0 Å². The molecular formula is C16H20N2O7S3. The van der Waals surface area contributed by atoms with E-state index in [0.717, 1.165) is 18.1 Å². The van der Waals surface area contributed by atoms with Gasteiger partial charge in [0.2, 0.25) is 20.0 Å². The van der Waals surface area contributed by atoms with Gasteiger partial charge in [-0.1, -0.05) is 18.2 Å². The maximum absolute atomic E-state index is 11.6. The van der Waals surface area contributed by atoms with E-state index in [2.05, 4.69) is 9.44 Å². The average Bonchev–Trinajstić information content (AvgIpc) is 2.51. The predicted octanol–water partition coefficient (Wildman–Crippen LogP) is 1.46. The topological polar surface area (TPSA) is 147 Å². The lowest BCUT2D eigenvalue weighted by Gasteiger charge is -2.11. The van der Waals surface area contributed by atoms with Gasteiger partial charge in [-0.15, -0.1) is 0 Å². The van der Waals surface area contributed by atoms with Crippen LogP contribution in [0.5, 0.6) is 0 Å². The highest BCUT2D eigenvalue weighted by Crippen LogP contribution is 2.24. The summed E-state index contributed by atoms with van der Waals surface area (Å²) < 4.78 is 82.1. The molecule has 0 aliphatic heterocycles. The molecule has 2 aromatic carbocycles. The maximum Gasteiger partial charge on any atom is 0.296 e. The van der Waals surface area contributed by atoms with Crippen LogP contribution in [0, 0.1) is 0 Å². The van der Waals surface area contributed by atoms with E-state index in [-0.39, 0.29) is 5.69 Å². The summed E-state index contributed by atoms with van der Waals surface area (Å²) in [4.78, 5) is -0.525. The lowest BCUT2D eigenvalue weighted by Crippen LogP contribution is -2.13. The fourth-order valence-electron chi connectivity index (χ4n) is 2.46. The van der Waals surface area contributed by atoms with Gasteiger partial charge in [-0.25, -0.2) is 16.8 Å². The number of benzene rings is 2. The molecule has 12 heteroatoms. The molecular weight excluding hydrogens is 428 g/mol. The van der Waals surface area contributed by atoms with E-state index in [1.54, 1.807) is 30.3 Å². The van der Waals surface area contributed by atoms with Gasteiger partial charge in [0.25, 0.3) is 10.1 Å². The van der Waals surface area contributed by atoms with Gasteiger partial charge in [0, 0.05) is 5.69 Å². The summed E-state index contributed by atoms with van der Waals surface area (Å²) in [5.41, 5.74) is 1.65. The third-order valence-electron chi connectivity index (χ3n) is 3.58. The molecule has 0 aliphatic rings. The molecule has 0 saturated heterocycles. The number of hydrogen-bond donors (Lipinski definition) is 3. The van der Waals surface area contributed by atoms with E-state index in [0.29, 0.717) is 24.1 Å². The zero-order valence-corrected chi connectivity index (χ0v) is 17.5. The molecule has 0 aliphatic carbocycles. The van der Waals surface area contributed by atoms with Crippen LogP contribution in [0.3, 0.4) is 0 Å². The van der Waals surface area contributed by atoms with Crippen LogP contribution < -0.4 is 9.44 Å². The standard InChI is InChI=1S/C16H20N2O7S3/c1-26(19,20)17-14-8-5-12(6-9-14)3-4-13-7-10-15(18-27(2,21)22)16(11-13)28(23,24)25/h5-11,17-18H,3-4H2,1-2H3,(H,23,24,25). The summed E-state index contributed by atoms with van der Waals surface area (Å²) in [6.07, 6.45) is 2.86. The van der Waals surface area contributed by atoms with Crippen molar-refractivity contribution in [1.82, 2.24) is 0 Å². The molecule has 0 atom stereocenters. The van der Waals surface area contributed by atoms with Crippen LogP contribution in [0.4, 0.5) is 11.4 Å². The summed E-state index contributed by atoms with van der Waals surface area (Å²) >= 11 is 0. The van der Waals surface area contributed by atoms with Crippen LogP contribution in [0.2, 0.25) is 0 Å². The first-order valence-electron chi connectivity index (χ1n) is 7.88. The van der Waals surface area contributed by atoms with Crippen LogP contribution in [0.1, 0.15) is 11.1 Å². The summed E-state index contributed by atoms with van der Waals surface area (Å²) in [6, 6.07) is 10.7. The number of anilines is 2. The molecule has 2 rings (SSSR count). The molecule has 9 nitrogen and oxygen atoms in total. The molecule has 0 aromatic heterocycles. The SMILES string of the molecule is CS(=O)(=O)Nc1ccc(CCc2ccc(NS(C)(=O)=O)c(S(=O)(=O)O)c2)cc1. The van der Waals surface area contributed by atoms with Crippen molar-refractivity contribution in [3.63, 3.8) is 0 Å². The van der Waals surface area contributed by atoms with Gasteiger partial charge < -0.3 is 0 Å². The molecule has 0 heterocycles. The summed E-state index contributed by atoms with van der Waals surface area (Å²) in [5.74, 6) is 0. The molecule has 0 bridgehead atoms. The Labute approximate surface area is 164 Å². The van der Waals surface area contributed by atoms with E-state index in [9.17, 15) is 29.8 Å². The molecule has 2 aromatic rings. The molecule has 0 saturated carbocycles. The average molecular weight is 449 g/mol. The first-order chi connectivity index (χ1) is 12.7. The smallest absolute Gasteiger partial charge is 0.284 e. The van der Waals surface area contributed by atoms with E-state index < -0.39 is 35.1 Å². The monoisotopic (exact) mass is 448 g/mol. The normalized spacial score (nSPS) is 12.5. The Hall–Kier alpha value is -2.15. The Morgan fingerprint density at radius 1 is 0.750 bits per heavy atom. The van der Waals surface area contributed by atoms with Gasteiger partial charge in [-0.2, -0.15) is 8.42 Å². The highest BCUT2D eigenvalue weighted by molar-refractivity contribution is 7.92. The number of rotatable bonds is 8. The summed E-state index contributed by atoms with van der Waals surface area (Å²) in [6.45, 7) is 0. The highest BCUT2D eigenvalue weighted by Gasteiger charge is 2.18. The first-order valence-corrected chi connectivity index (χ1v) is 13.1. The quantitative estimate of drug-likeness (QED) is 0.518. The second-order valence-corrected chi connectivity index (χ2v) is 11.1. The fourth-order valence-corrected chi connectivity index (χ4v) is 4.37. The Kier molecular flexibility index (Phi) is 6.38. The summed E-state index contributed by atoms with van der Waals surface area (Å²) in [7, 11) is -11.7. The van der Waals surface area contributed by atoms with Crippen LogP contribution in [0.15, 0.2) is 47.4 Å². The number of sulfonamides is 2. The molecule has 0 spiro atoms. The second-order valence-electron chi connectivity index (χ2n) is 6.25. The second kappa shape index (κ2) is 8.07. The van der Waals surface area contributed by atoms with Gasteiger partial charge in [-0.05, 0) is 48.2 Å². The molecule has 3 N–H and O–H groups in total. The highest BCUT2D eigenvalue weighted by atomic mass is 32.2. The minimum absolute atomic E-state index is 0.232. The van der Waals surface area contributed by atoms with Gasteiger partial charge in [0.15, 0.2) is 0 Å². The van der Waals surface area contributed by atoms with E-state index in [1.807, 2.05) is 0 Å². The molecule has 154 valence electrons. The van der Waals surface area contributed by atoms with E-state index in [1.165, 1.54) is 12.1 Å². The lowest BCUT2D eigenvalue weighted by molar-refractivity contribution is 0.483. The van der Waals surface area contributed by atoms with Crippen molar-refractivity contribution in [2.24, 2.45) is 0 Å². The molecule has 0 radical (unpaired) electrons. The first kappa shape index (κ1) is 22.1. The van der Waals surface area contributed by atoms with Crippen molar-refractivity contribution >= 4 is 41.5 Å². The minimum atomic E-state index is -4.63. The van der Waals surface area contributed by atoms with Gasteiger partial charge >= 0.3 is 0 Å². The molecule has 0 amide bonds. The number of hydrogen-bond acceptors (Lipinski definition) is 6. The maximum atomic E-state index is 11.6. The Morgan fingerprint density at radius 3 is 1.75 bits per heavy atom. The van der Waals surface area contributed by atoms with Crippen molar-refractivity contribution in [2.75, 3.05) is 22.0 Å². The minimum Gasteiger partial charge on any atom is -0.284 e. The van der Waals surface area contributed by atoms with Crippen LogP contribution in [0.25, 0.3) is 0 Å². The Morgan fingerprint density at radius 2 is 1.25 bits per heavy atom. The predicted molar refractivity (Wildman–Crippen MR) is 107 cm³/mol. The fraction of sp³-hybridized carbons (Fsp3) is 0.250. The lowest BCUT2D eigenvalue weighted by atomic mass is 10.0. The van der Waals surface area contributed by atoms with E-state index in [4.69, 9.17) is 0 Å². The van der Waals surface area contributed by atoms with Crippen molar-refractivity contribution in [1.29, 1.82) is 0 Å².